The second-order valence-electron chi connectivity index (χ2n) is 20.3. The van der Waals surface area contributed by atoms with Gasteiger partial charge in [0, 0.05) is 65.4 Å². The quantitative estimate of drug-likeness (QED) is 0.145. The molecule has 15 nitrogen and oxygen atoms in total. The van der Waals surface area contributed by atoms with Gasteiger partial charge in [0.2, 0.25) is 11.6 Å². The van der Waals surface area contributed by atoms with Crippen LogP contribution < -0.4 is 5.32 Å². The molecule has 0 aromatic carbocycles. The highest BCUT2D eigenvalue weighted by Gasteiger charge is 2.55. The van der Waals surface area contributed by atoms with E-state index >= 15 is 0 Å². The monoisotopic (exact) mass is 955 g/mol. The Kier molecular flexibility index (Phi) is 22.0. The Bertz CT molecular complexity index is 1880. The molecule has 15 atom stereocenters. The molecule has 1 unspecified atom stereocenters. The van der Waals surface area contributed by atoms with E-state index in [9.17, 15) is 39.0 Å². The first-order valence-corrected chi connectivity index (χ1v) is 24.9. The number of cyclic esters (lactones) is 1. The number of nitrogens with one attached hydrogen (secondary N) is 1. The van der Waals surface area contributed by atoms with Crippen LogP contribution in [0.15, 0.2) is 47.6 Å². The predicted octanol–water partition coefficient (Wildman–Crippen LogP) is 6.32. The zero-order chi connectivity index (χ0) is 50.5. The molecular weight excluding hydrogens is 873 g/mol. The van der Waals surface area contributed by atoms with Gasteiger partial charge in [0.1, 0.15) is 30.1 Å². The molecule has 3 fully saturated rings. The highest BCUT2D eigenvalue weighted by Crippen LogP contribution is 2.38. The first-order chi connectivity index (χ1) is 32.2. The molecule has 0 spiro atoms. The molecule has 1 saturated carbocycles. The van der Waals surface area contributed by atoms with Crippen LogP contribution in [0.3, 0.4) is 0 Å². The summed E-state index contributed by atoms with van der Waals surface area (Å²) in [6.07, 6.45) is 11.2. The number of carbonyl (C=O) groups excluding carboxylic acids is 6. The molecule has 2 bridgehead atoms. The number of amides is 2. The number of rotatable bonds is 7. The first kappa shape index (κ1) is 56.7. The van der Waals surface area contributed by atoms with Crippen LogP contribution >= 0.6 is 0 Å². The average molecular weight is 955 g/mol. The SMILES string of the molecule is CO[C@H]1CC2CC[C@@H](C)[C@@](NC(C)=O)(O2)C(=O)C(=O)N2CCCC[C@H]2C(=O)O[C@H]([C@H](C)C[C@@H]2CC[C@@H](O)[C@H](OC)C2)CC(=O)[C@H](C)/C=C(\C)[C@@H](O)[C@@H](OC)C(=O)[C@H](C)C[C@H](C)/C=C/C=CC=C1C. The Hall–Kier alpha value is -3.86. The van der Waals surface area contributed by atoms with Crippen molar-refractivity contribution in [2.45, 2.75) is 187 Å². The van der Waals surface area contributed by atoms with Crippen LogP contribution in [0.25, 0.3) is 0 Å². The van der Waals surface area contributed by atoms with E-state index in [4.69, 9.17) is 23.7 Å². The minimum Gasteiger partial charge on any atom is -0.460 e. The van der Waals surface area contributed by atoms with E-state index in [2.05, 4.69) is 5.32 Å². The normalized spacial score (nSPS) is 37.8. The summed E-state index contributed by atoms with van der Waals surface area (Å²) in [5.74, 6) is -5.80. The molecule has 3 N–H and O–H groups in total. The molecule has 4 rings (SSSR count). The summed E-state index contributed by atoms with van der Waals surface area (Å²) >= 11 is 0. The smallest absolute Gasteiger partial charge is 0.329 e. The van der Waals surface area contributed by atoms with Crippen molar-refractivity contribution in [3.05, 3.63) is 47.6 Å². The first-order valence-electron chi connectivity index (χ1n) is 24.9. The fourth-order valence-corrected chi connectivity index (χ4v) is 10.6. The number of ketones is 3. The second-order valence-corrected chi connectivity index (χ2v) is 20.3. The summed E-state index contributed by atoms with van der Waals surface area (Å²) in [6.45, 7) is 14.1. The third-order valence-electron chi connectivity index (χ3n) is 14.9. The summed E-state index contributed by atoms with van der Waals surface area (Å²) in [5.41, 5.74) is -0.742. The van der Waals surface area contributed by atoms with Gasteiger partial charge in [-0.25, -0.2) is 4.79 Å². The number of methoxy groups -OCH3 is 3. The second kappa shape index (κ2) is 26.4. The number of esters is 1. The highest BCUT2D eigenvalue weighted by atomic mass is 16.6. The maximum absolute atomic E-state index is 14.8. The van der Waals surface area contributed by atoms with E-state index in [1.165, 1.54) is 18.9 Å². The minimum absolute atomic E-state index is 0.0102. The number of piperidine rings is 1. The van der Waals surface area contributed by atoms with Crippen molar-refractivity contribution in [3.63, 3.8) is 0 Å². The number of ether oxygens (including phenoxy) is 5. The number of aliphatic hydroxyl groups excluding tert-OH is 2. The van der Waals surface area contributed by atoms with Gasteiger partial charge >= 0.3 is 5.97 Å². The molecule has 68 heavy (non-hydrogen) atoms. The van der Waals surface area contributed by atoms with Gasteiger partial charge in [-0.15, -0.1) is 0 Å². The summed E-state index contributed by atoms with van der Waals surface area (Å²) in [7, 11) is 4.53. The molecule has 0 aromatic heterocycles. The lowest BCUT2D eigenvalue weighted by Gasteiger charge is -2.46. The van der Waals surface area contributed by atoms with Gasteiger partial charge in [-0.05, 0) is 107 Å². The largest absolute Gasteiger partial charge is 0.460 e. The van der Waals surface area contributed by atoms with E-state index in [0.717, 1.165) is 5.57 Å². The van der Waals surface area contributed by atoms with Crippen LogP contribution in [0.1, 0.15) is 132 Å². The molecular formula is C53H82N2O13. The number of hydrogen-bond acceptors (Lipinski definition) is 13. The molecule has 3 aliphatic heterocycles. The van der Waals surface area contributed by atoms with Crippen molar-refractivity contribution in [2.75, 3.05) is 27.9 Å². The lowest BCUT2D eigenvalue weighted by atomic mass is 9.78. The zero-order valence-electron chi connectivity index (χ0n) is 42.6. The number of fused-ring (bicyclic) bond motifs is 3. The molecule has 2 amide bonds. The Labute approximate surface area is 404 Å². The zero-order valence-corrected chi connectivity index (χ0v) is 42.6. The van der Waals surface area contributed by atoms with Gasteiger partial charge in [-0.1, -0.05) is 71.1 Å². The third-order valence-corrected chi connectivity index (χ3v) is 14.9. The molecule has 15 heteroatoms. The van der Waals surface area contributed by atoms with Crippen LogP contribution in [0, 0.1) is 35.5 Å². The van der Waals surface area contributed by atoms with Crippen LogP contribution in [0.2, 0.25) is 0 Å². The molecule has 3 heterocycles. The van der Waals surface area contributed by atoms with Crippen LogP contribution in [0.5, 0.6) is 0 Å². The van der Waals surface area contributed by atoms with E-state index in [1.54, 1.807) is 41.1 Å². The van der Waals surface area contributed by atoms with E-state index in [1.807, 2.05) is 58.1 Å². The van der Waals surface area contributed by atoms with Crippen LogP contribution in [-0.4, -0.2) is 133 Å². The summed E-state index contributed by atoms with van der Waals surface area (Å²) in [6, 6.07) is -1.15. The maximum atomic E-state index is 14.8. The highest BCUT2D eigenvalue weighted by molar-refractivity contribution is 6.39. The minimum atomic E-state index is -2.01. The van der Waals surface area contributed by atoms with E-state index in [0.29, 0.717) is 69.8 Å². The maximum Gasteiger partial charge on any atom is 0.329 e. The number of nitrogens with zero attached hydrogens (tertiary/aromatic N) is 1. The molecule has 4 aliphatic rings. The molecule has 1 aliphatic carbocycles. The van der Waals surface area contributed by atoms with Crippen molar-refractivity contribution in [1.82, 2.24) is 10.2 Å². The van der Waals surface area contributed by atoms with Crippen molar-refractivity contribution in [3.8, 4) is 0 Å². The van der Waals surface area contributed by atoms with E-state index < -0.39 is 89.7 Å². The van der Waals surface area contributed by atoms with Gasteiger partial charge in [-0.2, -0.15) is 0 Å². The number of allylic oxidation sites excluding steroid dienone is 6. The van der Waals surface area contributed by atoms with Crippen LogP contribution in [-0.2, 0) is 52.5 Å². The van der Waals surface area contributed by atoms with Gasteiger partial charge in [-0.3, -0.25) is 24.0 Å². The number of hydrogen-bond donors (Lipinski definition) is 3. The van der Waals surface area contributed by atoms with E-state index in [-0.39, 0.29) is 54.8 Å². The fraction of sp³-hybridized carbons (Fsp3) is 0.736. The molecule has 2 saturated heterocycles. The van der Waals surface area contributed by atoms with Crippen molar-refractivity contribution in [2.24, 2.45) is 35.5 Å². The standard InChI is InChI=1S/C53H82N2O13/c1-31-17-13-12-14-18-32(2)44(64-9)29-40-22-20-37(7)53(68-40,54-38(8)56)50(61)51(62)55-24-16-15-19-41(55)52(63)67-45(34(4)27-39-21-23-42(57)46(28-39)65-10)30-43(58)33(3)26-36(6)48(60)49(66-11)47(59)35(5)25-31/h12-14,17-18,26,31,33-35,37,39-42,44-46,48-49,57,60H,15-16,19-25,27-30H2,1-11H3,(H,54,56)/b14-12?,17-13+,32-18?,36-26+/t31-,33-,34-,35-,37-,39+,40?,41+,42-,44+,45+,46-,48-,49+,53-/m1/s1. The lowest BCUT2D eigenvalue weighted by molar-refractivity contribution is -0.198. The molecule has 382 valence electrons. The Balaban J connectivity index is 1.75. The van der Waals surface area contributed by atoms with Gasteiger partial charge < -0.3 is 44.1 Å². The van der Waals surface area contributed by atoms with Crippen molar-refractivity contribution in [1.29, 1.82) is 0 Å². The molecule has 0 radical (unpaired) electrons. The summed E-state index contributed by atoms with van der Waals surface area (Å²) in [4.78, 5) is 86.0. The third kappa shape index (κ3) is 14.8. The summed E-state index contributed by atoms with van der Waals surface area (Å²) < 4.78 is 29.9. The van der Waals surface area contributed by atoms with Crippen LogP contribution in [0.4, 0.5) is 0 Å². The van der Waals surface area contributed by atoms with Gasteiger partial charge in [0.25, 0.3) is 11.7 Å². The summed E-state index contributed by atoms with van der Waals surface area (Å²) in [5, 5.41) is 24.7. The van der Waals surface area contributed by atoms with Crippen molar-refractivity contribution >= 4 is 35.1 Å². The number of aliphatic hydroxyl groups is 2. The molecule has 0 aromatic rings. The average Bonchev–Trinajstić information content (AvgIpc) is 3.30. The van der Waals surface area contributed by atoms with Gasteiger partial charge in [0.15, 0.2) is 5.78 Å². The fourth-order valence-electron chi connectivity index (χ4n) is 10.6. The predicted molar refractivity (Wildman–Crippen MR) is 257 cm³/mol. The number of carbonyl (C=O) groups is 6. The topological polar surface area (TPSA) is 204 Å². The van der Waals surface area contributed by atoms with Gasteiger partial charge in [0.05, 0.1) is 24.4 Å². The lowest BCUT2D eigenvalue weighted by Crippen LogP contribution is -2.67. The van der Waals surface area contributed by atoms with Crippen molar-refractivity contribution < 1.29 is 62.7 Å². The Morgan fingerprint density at radius 3 is 2.26 bits per heavy atom. The Morgan fingerprint density at radius 1 is 0.882 bits per heavy atom. The Morgan fingerprint density at radius 2 is 1.60 bits per heavy atom. The number of Topliss-reactive ketones (excluding diaryl/α,β-unsaturated/α-hetero) is 3.